The highest BCUT2D eigenvalue weighted by Crippen LogP contribution is 1.62. The van der Waals surface area contributed by atoms with Gasteiger partial charge < -0.3 is 5.11 Å². The van der Waals surface area contributed by atoms with Gasteiger partial charge in [0.1, 0.15) is 0 Å². The van der Waals surface area contributed by atoms with Crippen LogP contribution in [0.1, 0.15) is 0 Å². The van der Waals surface area contributed by atoms with E-state index >= 15 is 0 Å². The third kappa shape index (κ3) is 5.14. The first-order valence-electron chi connectivity index (χ1n) is 1.56. The molecule has 0 aromatic carbocycles. The van der Waals surface area contributed by atoms with Crippen molar-refractivity contribution in [1.29, 1.82) is 4.89 Å². The van der Waals surface area contributed by atoms with Gasteiger partial charge in [0.15, 0.2) is 0 Å². The third-order valence-corrected chi connectivity index (χ3v) is 0.616. The lowest BCUT2D eigenvalue weighted by Crippen LogP contribution is -1.84. The molecule has 0 heterocycles. The minimum absolute atomic E-state index is 0.411. The number of carboxylic acids is 1. The van der Waals surface area contributed by atoms with E-state index in [9.17, 15) is 4.79 Å². The Hall–Kier alpha value is -0.863. The number of carbonyl (C=O) groups is 1. The number of rotatable bonds is 1. The predicted molar refractivity (Wildman–Crippen MR) is 24.3 cm³/mol. The van der Waals surface area contributed by atoms with Crippen molar-refractivity contribution in [3.05, 3.63) is 11.8 Å². The summed E-state index contributed by atoms with van der Waals surface area (Å²) in [6.45, 7) is 0. The summed E-state index contributed by atoms with van der Waals surface area (Å²) in [5, 5.41) is 7.85. The van der Waals surface area contributed by atoms with Crippen LogP contribution in [0.3, 0.4) is 0 Å². The monoisotopic (exact) mass is 113 g/mol. The van der Waals surface area contributed by atoms with E-state index in [1.165, 1.54) is 5.70 Å². The van der Waals surface area contributed by atoms with Gasteiger partial charge in [0, 0.05) is 6.08 Å². The summed E-state index contributed by atoms with van der Waals surface area (Å²) in [6.07, 6.45) is 0.901. The first kappa shape index (κ1) is 6.14. The minimum Gasteiger partial charge on any atom is -0.478 e. The zero-order valence-corrected chi connectivity index (χ0v) is 4.46. The standard InChI is InChI=1S/C3H3NO2Si/c4-7-2-1-3(5)6/h1-2H,(H,5,6). The van der Waals surface area contributed by atoms with E-state index in [0.29, 0.717) is 0 Å². The number of hydrogen-bond acceptors (Lipinski definition) is 2. The van der Waals surface area contributed by atoms with Crippen LogP contribution in [0.2, 0.25) is 0 Å². The van der Waals surface area contributed by atoms with E-state index in [2.05, 4.69) is 0 Å². The molecule has 0 aromatic rings. The average molecular weight is 113 g/mol. The molecule has 3 nitrogen and oxygen atoms in total. The van der Waals surface area contributed by atoms with Crippen LogP contribution in [0, 0.1) is 4.89 Å². The smallest absolute Gasteiger partial charge is 0.328 e. The Kier molecular flexibility index (Phi) is 2.92. The predicted octanol–water partition coefficient (Wildman–Crippen LogP) is -0.232. The number of carboxylic acid groups (broad SMARTS) is 1. The molecule has 0 fully saturated rings. The van der Waals surface area contributed by atoms with Gasteiger partial charge in [-0.25, -0.2) is 4.79 Å². The molecule has 36 valence electrons. The minimum atomic E-state index is -1.03. The third-order valence-electron chi connectivity index (χ3n) is 0.300. The van der Waals surface area contributed by atoms with Gasteiger partial charge in [-0.15, -0.1) is 0 Å². The normalized spacial score (nSPS) is 8.43. The van der Waals surface area contributed by atoms with Crippen molar-refractivity contribution in [1.82, 2.24) is 0 Å². The summed E-state index contributed by atoms with van der Waals surface area (Å²) in [5.41, 5.74) is 1.18. The summed E-state index contributed by atoms with van der Waals surface area (Å²) in [4.78, 5) is 17.6. The van der Waals surface area contributed by atoms with Gasteiger partial charge in [-0.1, -0.05) is 0 Å². The second kappa shape index (κ2) is 3.33. The highest BCUT2D eigenvalue weighted by molar-refractivity contribution is 6.24. The summed E-state index contributed by atoms with van der Waals surface area (Å²) >= 11 is 0. The zero-order valence-electron chi connectivity index (χ0n) is 3.46. The Labute approximate surface area is 42.7 Å². The SMILES string of the molecule is N#[Si]C=CC(=O)O. The summed E-state index contributed by atoms with van der Waals surface area (Å²) in [6, 6.07) is 0. The van der Waals surface area contributed by atoms with Crippen LogP contribution in [-0.2, 0) is 4.79 Å². The summed E-state index contributed by atoms with van der Waals surface area (Å²) in [5.74, 6) is -1.03. The Morgan fingerprint density at radius 2 is 2.43 bits per heavy atom. The van der Waals surface area contributed by atoms with Crippen molar-refractivity contribution in [2.45, 2.75) is 0 Å². The van der Waals surface area contributed by atoms with E-state index < -0.39 is 15.1 Å². The molecule has 0 spiro atoms. The number of nitrogens with zero attached hydrogens (tertiary/aromatic N) is 1. The molecule has 0 saturated heterocycles. The Morgan fingerprint density at radius 1 is 1.86 bits per heavy atom. The Balaban J connectivity index is 3.53. The average Bonchev–Trinajstić information content (AvgIpc) is 1.61. The molecule has 0 bridgehead atoms. The Morgan fingerprint density at radius 3 is 2.57 bits per heavy atom. The van der Waals surface area contributed by atoms with Gasteiger partial charge in [0.05, 0.1) is 0 Å². The molecule has 0 aliphatic heterocycles. The van der Waals surface area contributed by atoms with Gasteiger partial charge in [-0.3, -0.25) is 4.89 Å². The molecule has 0 radical (unpaired) electrons. The van der Waals surface area contributed by atoms with Gasteiger partial charge in [-0.05, 0) is 5.70 Å². The fraction of sp³-hybridized carbons (Fsp3) is 0. The van der Waals surface area contributed by atoms with Crippen molar-refractivity contribution in [3.8, 4) is 0 Å². The molecule has 0 unspecified atom stereocenters. The molecule has 0 atom stereocenters. The van der Waals surface area contributed by atoms with Crippen molar-refractivity contribution < 1.29 is 9.90 Å². The van der Waals surface area contributed by atoms with Gasteiger partial charge in [0.2, 0.25) is 9.15 Å². The second-order valence-corrected chi connectivity index (χ2v) is 1.39. The fourth-order valence-corrected chi connectivity index (χ4v) is 0.326. The van der Waals surface area contributed by atoms with Crippen LogP contribution in [0.25, 0.3) is 0 Å². The van der Waals surface area contributed by atoms with E-state index in [-0.39, 0.29) is 0 Å². The molecule has 0 aliphatic rings. The van der Waals surface area contributed by atoms with E-state index in [1.54, 1.807) is 0 Å². The maximum absolute atomic E-state index is 9.56. The maximum Gasteiger partial charge on any atom is 0.328 e. The van der Waals surface area contributed by atoms with Crippen molar-refractivity contribution >= 4 is 15.1 Å². The lowest BCUT2D eigenvalue weighted by molar-refractivity contribution is -0.131. The van der Waals surface area contributed by atoms with Crippen molar-refractivity contribution in [2.24, 2.45) is 0 Å². The zero-order chi connectivity index (χ0) is 5.70. The molecular weight excluding hydrogens is 110 g/mol. The van der Waals surface area contributed by atoms with Crippen LogP contribution < -0.4 is 0 Å². The highest BCUT2D eigenvalue weighted by atomic mass is 28.2. The van der Waals surface area contributed by atoms with Gasteiger partial charge in [0.25, 0.3) is 0 Å². The molecule has 1 N–H and O–H groups in total. The first-order valence-corrected chi connectivity index (χ1v) is 2.59. The Bertz CT molecular complexity index is 134. The number of aliphatic carboxylic acids is 1. The molecule has 0 amide bonds. The molecule has 0 aromatic heterocycles. The van der Waals surface area contributed by atoms with Crippen LogP contribution >= 0.6 is 0 Å². The van der Waals surface area contributed by atoms with Crippen LogP contribution in [0.4, 0.5) is 0 Å². The van der Waals surface area contributed by atoms with Gasteiger partial charge >= 0.3 is 5.97 Å². The van der Waals surface area contributed by atoms with E-state index in [4.69, 9.17) is 9.99 Å². The lowest BCUT2D eigenvalue weighted by atomic mass is 10.7. The van der Waals surface area contributed by atoms with Crippen LogP contribution in [-0.4, -0.2) is 20.2 Å². The molecule has 4 heteroatoms. The fourth-order valence-electron chi connectivity index (χ4n) is 0.109. The lowest BCUT2D eigenvalue weighted by Gasteiger charge is -1.67. The highest BCUT2D eigenvalue weighted by Gasteiger charge is 1.79. The topological polar surface area (TPSA) is 61.1 Å². The molecule has 0 saturated carbocycles. The number of hydrogen-bond donors (Lipinski definition) is 1. The molecule has 0 aliphatic carbocycles. The summed E-state index contributed by atoms with van der Waals surface area (Å²) in [7, 11) is -0.411. The molecular formula is C3H3NO2Si. The van der Waals surface area contributed by atoms with E-state index in [0.717, 1.165) is 6.08 Å². The largest absolute Gasteiger partial charge is 0.478 e. The van der Waals surface area contributed by atoms with Crippen molar-refractivity contribution in [3.63, 3.8) is 0 Å². The molecule has 0 rings (SSSR count). The first-order chi connectivity index (χ1) is 3.27. The maximum atomic E-state index is 9.56. The van der Waals surface area contributed by atoms with E-state index in [1.807, 2.05) is 0 Å². The van der Waals surface area contributed by atoms with Crippen LogP contribution in [0.5, 0.6) is 0 Å². The van der Waals surface area contributed by atoms with Crippen LogP contribution in [0.15, 0.2) is 11.8 Å². The van der Waals surface area contributed by atoms with Gasteiger partial charge in [-0.2, -0.15) is 0 Å². The molecule has 7 heavy (non-hydrogen) atoms. The summed E-state index contributed by atoms with van der Waals surface area (Å²) < 4.78 is 0. The quantitative estimate of drug-likeness (QED) is 0.377. The van der Waals surface area contributed by atoms with Crippen molar-refractivity contribution in [2.75, 3.05) is 0 Å². The second-order valence-electron chi connectivity index (χ2n) is 0.801.